The number of methoxy groups -OCH3 is 1. The van der Waals surface area contributed by atoms with E-state index in [1.807, 2.05) is 0 Å². The molecule has 2 aromatic rings. The van der Waals surface area contributed by atoms with E-state index in [2.05, 4.69) is 10.6 Å². The smallest absolute Gasteiger partial charge is 0.332 e. The molecule has 0 amide bonds. The molecule has 0 radical (unpaired) electrons. The quantitative estimate of drug-likeness (QED) is 0.601. The van der Waals surface area contributed by atoms with Crippen molar-refractivity contribution in [3.63, 3.8) is 0 Å². The summed E-state index contributed by atoms with van der Waals surface area (Å²) < 4.78 is 7.31. The van der Waals surface area contributed by atoms with Crippen molar-refractivity contribution in [3.05, 3.63) is 56.2 Å². The zero-order chi connectivity index (χ0) is 18.3. The van der Waals surface area contributed by atoms with Crippen molar-refractivity contribution in [1.82, 2.24) is 14.5 Å². The van der Waals surface area contributed by atoms with Gasteiger partial charge in [0, 0.05) is 19.7 Å². The van der Waals surface area contributed by atoms with Crippen molar-refractivity contribution in [3.8, 4) is 5.75 Å². The highest BCUT2D eigenvalue weighted by atomic mass is 32.1. The van der Waals surface area contributed by atoms with Crippen molar-refractivity contribution in [2.75, 3.05) is 12.4 Å². The lowest BCUT2D eigenvalue weighted by molar-refractivity contribution is 0.0951. The number of hydrogen-bond acceptors (Lipinski definition) is 5. The van der Waals surface area contributed by atoms with E-state index in [1.54, 1.807) is 24.3 Å². The molecule has 3 rings (SSSR count). The van der Waals surface area contributed by atoms with E-state index < -0.39 is 17.3 Å². The van der Waals surface area contributed by atoms with Gasteiger partial charge in [-0.1, -0.05) is 0 Å². The van der Waals surface area contributed by atoms with Gasteiger partial charge in [0.25, 0.3) is 5.56 Å². The van der Waals surface area contributed by atoms with Crippen LogP contribution in [0.15, 0.2) is 33.9 Å². The van der Waals surface area contributed by atoms with Crippen LogP contribution in [0.3, 0.4) is 0 Å². The van der Waals surface area contributed by atoms with E-state index in [4.69, 9.17) is 17.0 Å². The van der Waals surface area contributed by atoms with Gasteiger partial charge in [-0.05, 0) is 36.5 Å². The van der Waals surface area contributed by atoms with Gasteiger partial charge in [-0.2, -0.15) is 0 Å². The number of hydrogen-bond donors (Lipinski definition) is 2. The third kappa shape index (κ3) is 2.72. The predicted octanol–water partition coefficient (Wildman–Crippen LogP) is 0.317. The molecule has 1 unspecified atom stereocenters. The molecule has 9 heteroatoms. The fourth-order valence-corrected chi connectivity index (χ4v) is 2.96. The molecule has 1 aliphatic rings. The normalized spacial score (nSPS) is 15.8. The molecule has 2 heterocycles. The van der Waals surface area contributed by atoms with Gasteiger partial charge in [-0.3, -0.25) is 18.7 Å². The number of thiocarbonyl (C=S) groups is 1. The van der Waals surface area contributed by atoms with Crippen LogP contribution < -0.4 is 26.6 Å². The largest absolute Gasteiger partial charge is 0.497 e. The average molecular weight is 360 g/mol. The molecule has 0 bridgehead atoms. The maximum atomic E-state index is 12.9. The number of anilines is 1. The summed E-state index contributed by atoms with van der Waals surface area (Å²) in [6.07, 6.45) is 0. The number of rotatable bonds is 3. The molecule has 1 atom stereocenters. The Morgan fingerprint density at radius 3 is 2.40 bits per heavy atom. The first kappa shape index (κ1) is 16.9. The number of benzene rings is 1. The van der Waals surface area contributed by atoms with Gasteiger partial charge in [-0.25, -0.2) is 4.79 Å². The third-order valence-corrected chi connectivity index (χ3v) is 4.35. The lowest BCUT2D eigenvalue weighted by atomic mass is 9.97. The topological polar surface area (TPSA) is 94.4 Å². The Morgan fingerprint density at radius 1 is 1.16 bits per heavy atom. The summed E-state index contributed by atoms with van der Waals surface area (Å²) in [6.45, 7) is 0. The van der Waals surface area contributed by atoms with E-state index in [1.165, 1.54) is 25.8 Å². The Morgan fingerprint density at radius 2 is 1.80 bits per heavy atom. The van der Waals surface area contributed by atoms with Gasteiger partial charge >= 0.3 is 5.69 Å². The standard InChI is InChI=1S/C16H16N4O4S/c1-19-13-10(14(22)20(2)16(19)23)11(17-15(25)18-13)12(21)8-4-6-9(24-3)7-5-8/h4-7,11H,1-3H3,(H2,17,18,25). The first-order valence-electron chi connectivity index (χ1n) is 7.41. The van der Waals surface area contributed by atoms with Crippen LogP contribution in [0, 0.1) is 0 Å². The number of aromatic nitrogens is 2. The monoisotopic (exact) mass is 360 g/mol. The average Bonchev–Trinajstić information content (AvgIpc) is 2.63. The van der Waals surface area contributed by atoms with Gasteiger partial charge in [0.1, 0.15) is 17.6 Å². The molecule has 0 spiro atoms. The lowest BCUT2D eigenvalue weighted by Crippen LogP contribution is -2.50. The van der Waals surface area contributed by atoms with E-state index in [9.17, 15) is 14.4 Å². The highest BCUT2D eigenvalue weighted by Crippen LogP contribution is 2.26. The fraction of sp³-hybridized carbons (Fsp3) is 0.250. The van der Waals surface area contributed by atoms with Crippen molar-refractivity contribution >= 4 is 28.9 Å². The molecular formula is C16H16N4O4S. The summed E-state index contributed by atoms with van der Waals surface area (Å²) in [5, 5.41) is 5.78. The molecular weight excluding hydrogens is 344 g/mol. The number of ether oxygens (including phenoxy) is 1. The van der Waals surface area contributed by atoms with Crippen LogP contribution in [-0.2, 0) is 14.1 Å². The summed E-state index contributed by atoms with van der Waals surface area (Å²) in [5.74, 6) is 0.510. The van der Waals surface area contributed by atoms with E-state index in [0.29, 0.717) is 11.3 Å². The van der Waals surface area contributed by atoms with Crippen molar-refractivity contribution in [2.24, 2.45) is 14.1 Å². The Balaban J connectivity index is 2.16. The number of ketones is 1. The Hall–Kier alpha value is -2.94. The molecule has 25 heavy (non-hydrogen) atoms. The van der Waals surface area contributed by atoms with Crippen LogP contribution >= 0.6 is 12.2 Å². The minimum absolute atomic E-state index is 0.152. The van der Waals surface area contributed by atoms with Crippen LogP contribution in [0.25, 0.3) is 0 Å². The molecule has 2 N–H and O–H groups in total. The number of fused-ring (bicyclic) bond motifs is 1. The maximum Gasteiger partial charge on any atom is 0.332 e. The van der Waals surface area contributed by atoms with Gasteiger partial charge in [-0.15, -0.1) is 0 Å². The second-order valence-electron chi connectivity index (χ2n) is 5.59. The summed E-state index contributed by atoms with van der Waals surface area (Å²) >= 11 is 5.13. The molecule has 0 fully saturated rings. The second kappa shape index (κ2) is 6.17. The number of carbonyl (C=O) groups excluding carboxylic acids is 1. The zero-order valence-electron chi connectivity index (χ0n) is 13.8. The molecule has 1 aliphatic heterocycles. The summed E-state index contributed by atoms with van der Waals surface area (Å²) in [5.41, 5.74) is -0.507. The molecule has 0 saturated carbocycles. The van der Waals surface area contributed by atoms with E-state index >= 15 is 0 Å². The molecule has 0 aliphatic carbocycles. The van der Waals surface area contributed by atoms with Crippen molar-refractivity contribution in [1.29, 1.82) is 0 Å². The molecule has 0 saturated heterocycles. The highest BCUT2D eigenvalue weighted by molar-refractivity contribution is 7.80. The number of Topliss-reactive ketones (excluding diaryl/α,β-unsaturated/α-hetero) is 1. The van der Waals surface area contributed by atoms with Crippen molar-refractivity contribution in [2.45, 2.75) is 6.04 Å². The fourth-order valence-electron chi connectivity index (χ4n) is 2.75. The zero-order valence-corrected chi connectivity index (χ0v) is 14.6. The molecule has 1 aromatic carbocycles. The van der Waals surface area contributed by atoms with Gasteiger partial charge < -0.3 is 15.4 Å². The first-order valence-corrected chi connectivity index (χ1v) is 7.81. The second-order valence-corrected chi connectivity index (χ2v) is 6.00. The predicted molar refractivity (Wildman–Crippen MR) is 96.3 cm³/mol. The van der Waals surface area contributed by atoms with E-state index in [0.717, 1.165) is 4.57 Å². The minimum Gasteiger partial charge on any atom is -0.497 e. The van der Waals surface area contributed by atoms with Gasteiger partial charge in [0.05, 0.1) is 12.7 Å². The third-order valence-electron chi connectivity index (χ3n) is 4.13. The SMILES string of the molecule is COc1ccc(C(=O)C2NC(=S)Nc3c2c(=O)n(C)c(=O)n3C)cc1. The van der Waals surface area contributed by atoms with Gasteiger partial charge in [0.15, 0.2) is 10.9 Å². The van der Waals surface area contributed by atoms with Crippen LogP contribution in [0.4, 0.5) is 5.82 Å². The Bertz CT molecular complexity index is 991. The first-order chi connectivity index (χ1) is 11.8. The van der Waals surface area contributed by atoms with Crippen LogP contribution in [0.2, 0.25) is 0 Å². The van der Waals surface area contributed by atoms with Crippen LogP contribution in [0.1, 0.15) is 22.0 Å². The maximum absolute atomic E-state index is 12.9. The molecule has 8 nitrogen and oxygen atoms in total. The number of nitrogens with zero attached hydrogens (tertiary/aromatic N) is 2. The number of carbonyl (C=O) groups is 1. The lowest BCUT2D eigenvalue weighted by Gasteiger charge is -2.29. The Labute approximate surface area is 148 Å². The Kier molecular flexibility index (Phi) is 4.17. The summed E-state index contributed by atoms with van der Waals surface area (Å²) in [6, 6.07) is 5.56. The molecule has 130 valence electrons. The summed E-state index contributed by atoms with van der Waals surface area (Å²) in [4.78, 5) is 37.6. The minimum atomic E-state index is -0.984. The summed E-state index contributed by atoms with van der Waals surface area (Å²) in [7, 11) is 4.41. The van der Waals surface area contributed by atoms with Crippen LogP contribution in [0.5, 0.6) is 5.75 Å². The van der Waals surface area contributed by atoms with Crippen molar-refractivity contribution < 1.29 is 9.53 Å². The van der Waals surface area contributed by atoms with Crippen LogP contribution in [-0.4, -0.2) is 27.1 Å². The highest BCUT2D eigenvalue weighted by Gasteiger charge is 2.34. The van der Waals surface area contributed by atoms with E-state index in [-0.39, 0.29) is 22.3 Å². The number of nitrogens with one attached hydrogen (secondary N) is 2. The van der Waals surface area contributed by atoms with Gasteiger partial charge in [0.2, 0.25) is 0 Å². The molecule has 1 aromatic heterocycles.